The van der Waals surface area contributed by atoms with Crippen LogP contribution in [-0.2, 0) is 31.3 Å². The highest BCUT2D eigenvalue weighted by Gasteiger charge is 2.30. The highest BCUT2D eigenvalue weighted by Crippen LogP contribution is 2.25. The molecule has 0 aliphatic carbocycles. The van der Waals surface area contributed by atoms with Gasteiger partial charge in [-0.15, -0.1) is 11.3 Å². The lowest BCUT2D eigenvalue weighted by Gasteiger charge is -2.19. The van der Waals surface area contributed by atoms with Crippen molar-refractivity contribution < 1.29 is 26.7 Å². The van der Waals surface area contributed by atoms with Crippen LogP contribution in [0.4, 0.5) is 0 Å². The Hall–Kier alpha value is -1.01. The molecule has 1 unspecified atom stereocenters. The topological polar surface area (TPSA) is 121 Å². The van der Waals surface area contributed by atoms with Crippen LogP contribution in [0.1, 0.15) is 18.7 Å². The highest BCUT2D eigenvalue weighted by molar-refractivity contribution is 7.91. The minimum atomic E-state index is -3.89. The van der Waals surface area contributed by atoms with Crippen LogP contribution in [0.2, 0.25) is 0 Å². The van der Waals surface area contributed by atoms with Gasteiger partial charge in [-0.2, -0.15) is 4.31 Å². The van der Waals surface area contributed by atoms with Crippen molar-refractivity contribution in [1.29, 1.82) is 0 Å². The normalized spacial score (nSPS) is 14.1. The van der Waals surface area contributed by atoms with E-state index in [9.17, 15) is 21.6 Å². The molecule has 0 aromatic carbocycles. The Morgan fingerprint density at radius 1 is 1.35 bits per heavy atom. The van der Waals surface area contributed by atoms with Crippen molar-refractivity contribution in [1.82, 2.24) is 9.03 Å². The molecule has 2 N–H and O–H groups in total. The first-order valence-corrected chi connectivity index (χ1v) is 10.7. The third-order valence-corrected chi connectivity index (χ3v) is 8.19. The van der Waals surface area contributed by atoms with Crippen LogP contribution in [-0.4, -0.2) is 57.6 Å². The van der Waals surface area contributed by atoms with E-state index in [2.05, 4.69) is 4.72 Å². The fraction of sp³-hybridized carbons (Fsp3) is 0.583. The van der Waals surface area contributed by atoms with Gasteiger partial charge in [0, 0.05) is 18.5 Å². The Labute approximate surface area is 140 Å². The summed E-state index contributed by atoms with van der Waals surface area (Å²) in [5.74, 6) is -1.25. The molecule has 11 heteroatoms. The molecule has 23 heavy (non-hydrogen) atoms. The number of aliphatic carboxylic acids is 1. The van der Waals surface area contributed by atoms with Crippen molar-refractivity contribution in [3.8, 4) is 0 Å². The number of carbonyl (C=O) groups is 1. The molecule has 0 bridgehead atoms. The average molecular weight is 385 g/mol. The smallest absolute Gasteiger partial charge is 0.321 e. The summed E-state index contributed by atoms with van der Waals surface area (Å²) in [7, 11) is -5.96. The van der Waals surface area contributed by atoms with Crippen LogP contribution >= 0.6 is 11.3 Å². The Balaban J connectivity index is 2.81. The maximum absolute atomic E-state index is 12.3. The number of nitrogens with zero attached hydrogens (tertiary/aromatic N) is 1. The van der Waals surface area contributed by atoms with Gasteiger partial charge in [0.1, 0.15) is 10.3 Å². The standard InChI is InChI=1S/C12H20N2O6S3/c1-4-22(17,18)13-8-7-10-5-6-11(21-10)23(19,20)14(3)9(2)12(15)16/h5-6,9,13H,4,7-8H2,1-3H3,(H,15,16). The zero-order chi connectivity index (χ0) is 17.8. The molecule has 1 aromatic heterocycles. The van der Waals surface area contributed by atoms with E-state index in [0.717, 1.165) is 15.6 Å². The molecular weight excluding hydrogens is 364 g/mol. The molecule has 1 aromatic rings. The summed E-state index contributed by atoms with van der Waals surface area (Å²) in [5, 5.41) is 8.92. The van der Waals surface area contributed by atoms with Gasteiger partial charge in [0.05, 0.1) is 5.75 Å². The van der Waals surface area contributed by atoms with Gasteiger partial charge in [0.2, 0.25) is 10.0 Å². The van der Waals surface area contributed by atoms with Gasteiger partial charge in [-0.1, -0.05) is 0 Å². The molecule has 8 nitrogen and oxygen atoms in total. The Morgan fingerprint density at radius 3 is 2.48 bits per heavy atom. The summed E-state index contributed by atoms with van der Waals surface area (Å²) < 4.78 is 50.5. The molecule has 0 aliphatic rings. The molecule has 1 heterocycles. The summed E-state index contributed by atoms with van der Waals surface area (Å²) in [6, 6.07) is 1.81. The summed E-state index contributed by atoms with van der Waals surface area (Å²) >= 11 is 0.998. The third kappa shape index (κ3) is 5.24. The first-order valence-electron chi connectivity index (χ1n) is 6.78. The lowest BCUT2D eigenvalue weighted by Crippen LogP contribution is -2.39. The number of sulfonamides is 2. The first kappa shape index (κ1) is 20.0. The molecule has 0 saturated heterocycles. The fourth-order valence-corrected chi connectivity index (χ4v) is 5.05. The molecule has 1 rings (SSSR count). The molecule has 0 aliphatic heterocycles. The second kappa shape index (κ2) is 7.71. The van der Waals surface area contributed by atoms with E-state index < -0.39 is 32.1 Å². The van der Waals surface area contributed by atoms with Crippen molar-refractivity contribution >= 4 is 37.4 Å². The number of carboxylic acid groups (broad SMARTS) is 1. The van der Waals surface area contributed by atoms with Gasteiger partial charge in [-0.25, -0.2) is 21.6 Å². The quantitative estimate of drug-likeness (QED) is 0.633. The number of hydrogen-bond acceptors (Lipinski definition) is 6. The third-order valence-electron chi connectivity index (χ3n) is 3.25. The van der Waals surface area contributed by atoms with Gasteiger partial charge in [-0.05, 0) is 32.4 Å². The predicted molar refractivity (Wildman–Crippen MR) is 87.5 cm³/mol. The minimum Gasteiger partial charge on any atom is -0.480 e. The zero-order valence-electron chi connectivity index (χ0n) is 13.0. The van der Waals surface area contributed by atoms with Crippen LogP contribution in [0.5, 0.6) is 0 Å². The summed E-state index contributed by atoms with van der Waals surface area (Å²) in [6.45, 7) is 2.99. The van der Waals surface area contributed by atoms with Crippen LogP contribution in [0, 0.1) is 0 Å². The number of hydrogen-bond donors (Lipinski definition) is 2. The van der Waals surface area contributed by atoms with Gasteiger partial charge in [0.15, 0.2) is 0 Å². The largest absolute Gasteiger partial charge is 0.480 e. The Bertz CT molecular complexity index is 754. The monoisotopic (exact) mass is 384 g/mol. The average Bonchev–Trinajstić information content (AvgIpc) is 2.94. The Morgan fingerprint density at radius 2 is 1.96 bits per heavy atom. The minimum absolute atomic E-state index is 0.0189. The fourth-order valence-electron chi connectivity index (χ4n) is 1.57. The molecule has 132 valence electrons. The second-order valence-electron chi connectivity index (χ2n) is 4.80. The summed E-state index contributed by atoms with van der Waals surface area (Å²) in [5.41, 5.74) is 0. The summed E-state index contributed by atoms with van der Waals surface area (Å²) in [4.78, 5) is 11.6. The highest BCUT2D eigenvalue weighted by atomic mass is 32.2. The van der Waals surface area contributed by atoms with E-state index >= 15 is 0 Å². The van der Waals surface area contributed by atoms with Crippen molar-refractivity contribution in [2.24, 2.45) is 0 Å². The van der Waals surface area contributed by atoms with Crippen LogP contribution in [0.15, 0.2) is 16.3 Å². The molecule has 0 radical (unpaired) electrons. The maximum Gasteiger partial charge on any atom is 0.321 e. The summed E-state index contributed by atoms with van der Waals surface area (Å²) in [6.07, 6.45) is 0.359. The van der Waals surface area contributed by atoms with E-state index in [1.807, 2.05) is 0 Å². The van der Waals surface area contributed by atoms with Crippen LogP contribution in [0.25, 0.3) is 0 Å². The van der Waals surface area contributed by atoms with Crippen molar-refractivity contribution in [2.75, 3.05) is 19.3 Å². The predicted octanol–water partition coefficient (Wildman–Crippen LogP) is 0.324. The molecule has 0 amide bonds. The molecule has 1 atom stereocenters. The van der Waals surface area contributed by atoms with Crippen LogP contribution in [0.3, 0.4) is 0 Å². The lowest BCUT2D eigenvalue weighted by molar-refractivity contribution is -0.140. The number of thiophene rings is 1. The SMILES string of the molecule is CCS(=O)(=O)NCCc1ccc(S(=O)(=O)N(C)C(C)C(=O)O)s1. The van der Waals surface area contributed by atoms with Crippen LogP contribution < -0.4 is 4.72 Å². The lowest BCUT2D eigenvalue weighted by atomic mass is 10.3. The number of nitrogens with one attached hydrogen (secondary N) is 1. The van der Waals surface area contributed by atoms with Gasteiger partial charge < -0.3 is 5.11 Å². The number of likely N-dealkylation sites (N-methyl/N-ethyl adjacent to an activating group) is 1. The Kier molecular flexibility index (Phi) is 6.71. The molecule has 0 saturated carbocycles. The van der Waals surface area contributed by atoms with Gasteiger partial charge in [0.25, 0.3) is 10.0 Å². The molecule has 0 fully saturated rings. The van der Waals surface area contributed by atoms with E-state index in [1.54, 1.807) is 6.07 Å². The van der Waals surface area contributed by atoms with E-state index in [1.165, 1.54) is 27.0 Å². The molecular formula is C12H20N2O6S3. The van der Waals surface area contributed by atoms with E-state index in [0.29, 0.717) is 11.3 Å². The van der Waals surface area contributed by atoms with Gasteiger partial charge >= 0.3 is 5.97 Å². The van der Waals surface area contributed by atoms with Gasteiger partial charge in [-0.3, -0.25) is 4.79 Å². The number of carboxylic acids is 1. The molecule has 0 spiro atoms. The van der Waals surface area contributed by atoms with Crippen molar-refractivity contribution in [2.45, 2.75) is 30.5 Å². The second-order valence-corrected chi connectivity index (χ2v) is 10.3. The maximum atomic E-state index is 12.3. The van der Waals surface area contributed by atoms with E-state index in [-0.39, 0.29) is 16.5 Å². The van der Waals surface area contributed by atoms with Crippen molar-refractivity contribution in [3.05, 3.63) is 17.0 Å². The van der Waals surface area contributed by atoms with E-state index in [4.69, 9.17) is 5.11 Å². The van der Waals surface area contributed by atoms with Crippen molar-refractivity contribution in [3.63, 3.8) is 0 Å². The first-order chi connectivity index (χ1) is 10.5. The zero-order valence-corrected chi connectivity index (χ0v) is 15.5. The number of rotatable bonds is 9.